The van der Waals surface area contributed by atoms with Crippen molar-refractivity contribution in [3.8, 4) is 0 Å². The van der Waals surface area contributed by atoms with E-state index in [9.17, 15) is 9.59 Å². The van der Waals surface area contributed by atoms with Gasteiger partial charge in [0.25, 0.3) is 5.91 Å². The molecule has 0 bridgehead atoms. The van der Waals surface area contributed by atoms with Crippen LogP contribution in [-0.2, 0) is 4.79 Å². The summed E-state index contributed by atoms with van der Waals surface area (Å²) in [5.41, 5.74) is 1.44. The molecule has 0 saturated carbocycles. The summed E-state index contributed by atoms with van der Waals surface area (Å²) in [6.45, 7) is 1.88. The molecular weight excluding hydrogens is 288 g/mol. The fourth-order valence-electron chi connectivity index (χ4n) is 2.48. The molecule has 1 aromatic carbocycles. The maximum Gasteiger partial charge on any atom is 0.327 e. The minimum absolute atomic E-state index is 0.320. The van der Waals surface area contributed by atoms with Gasteiger partial charge in [-0.15, -0.1) is 0 Å². The first kappa shape index (κ1) is 15.7. The van der Waals surface area contributed by atoms with E-state index >= 15 is 0 Å². The van der Waals surface area contributed by atoms with Crippen molar-refractivity contribution < 1.29 is 14.7 Å². The molecule has 1 aromatic rings. The molecule has 1 heterocycles. The molecule has 0 radical (unpaired) electrons. The lowest BCUT2D eigenvalue weighted by molar-refractivity contribution is -0.138. The van der Waals surface area contributed by atoms with Crippen LogP contribution in [0.1, 0.15) is 23.2 Å². The minimum Gasteiger partial charge on any atom is -0.480 e. The number of carbonyl (C=O) groups is 2. The van der Waals surface area contributed by atoms with Crippen molar-refractivity contribution in [3.05, 3.63) is 29.8 Å². The summed E-state index contributed by atoms with van der Waals surface area (Å²) in [6.07, 6.45) is 4.07. The summed E-state index contributed by atoms with van der Waals surface area (Å²) in [6, 6.07) is 6.52. The normalized spacial score (nSPS) is 15.8. The van der Waals surface area contributed by atoms with Gasteiger partial charge in [-0.25, -0.2) is 4.79 Å². The molecule has 1 aliphatic heterocycles. The number of anilines is 1. The van der Waals surface area contributed by atoms with Crippen molar-refractivity contribution in [2.24, 2.45) is 0 Å². The van der Waals surface area contributed by atoms with Crippen LogP contribution < -0.4 is 10.2 Å². The van der Waals surface area contributed by atoms with E-state index in [4.69, 9.17) is 5.11 Å². The second kappa shape index (κ2) is 7.36. The Hall–Kier alpha value is -1.69. The first-order chi connectivity index (χ1) is 10.1. The van der Waals surface area contributed by atoms with Crippen molar-refractivity contribution in [1.82, 2.24) is 5.32 Å². The lowest BCUT2D eigenvalue weighted by Crippen LogP contribution is -2.43. The molecule has 21 heavy (non-hydrogen) atoms. The van der Waals surface area contributed by atoms with E-state index in [1.807, 2.05) is 18.4 Å². The molecule has 114 valence electrons. The van der Waals surface area contributed by atoms with Crippen LogP contribution in [-0.4, -0.2) is 48.1 Å². The maximum atomic E-state index is 12.4. The lowest BCUT2D eigenvalue weighted by atomic mass is 10.1. The highest BCUT2D eigenvalue weighted by Gasteiger charge is 2.23. The molecule has 1 atom stereocenters. The Balaban J connectivity index is 2.16. The molecule has 0 aliphatic carbocycles. The first-order valence-electron chi connectivity index (χ1n) is 7.00. The van der Waals surface area contributed by atoms with Gasteiger partial charge in [-0.3, -0.25) is 4.79 Å². The van der Waals surface area contributed by atoms with Gasteiger partial charge in [-0.2, -0.15) is 11.8 Å². The van der Waals surface area contributed by atoms with Gasteiger partial charge in [-0.05, 0) is 31.2 Å². The van der Waals surface area contributed by atoms with Crippen molar-refractivity contribution in [2.45, 2.75) is 18.9 Å². The predicted octanol–water partition coefficient (Wildman–Crippen LogP) is 1.83. The number of benzene rings is 1. The number of hydrogen-bond donors (Lipinski definition) is 2. The summed E-state index contributed by atoms with van der Waals surface area (Å²) in [5, 5.41) is 11.8. The van der Waals surface area contributed by atoms with Crippen LogP contribution in [0.25, 0.3) is 0 Å². The topological polar surface area (TPSA) is 69.6 Å². The largest absolute Gasteiger partial charge is 0.480 e. The predicted molar refractivity (Wildman–Crippen MR) is 85.2 cm³/mol. The number of amides is 1. The molecule has 2 rings (SSSR count). The monoisotopic (exact) mass is 308 g/mol. The number of rotatable bonds is 6. The van der Waals surface area contributed by atoms with Crippen molar-refractivity contribution in [3.63, 3.8) is 0 Å². The average molecular weight is 308 g/mol. The number of nitrogens with one attached hydrogen (secondary N) is 1. The summed E-state index contributed by atoms with van der Waals surface area (Å²) >= 11 is 1.40. The van der Waals surface area contributed by atoms with Crippen LogP contribution in [0.3, 0.4) is 0 Å². The Kier molecular flexibility index (Phi) is 5.50. The summed E-state index contributed by atoms with van der Waals surface area (Å²) in [7, 11) is 0. The third-order valence-electron chi connectivity index (χ3n) is 3.53. The summed E-state index contributed by atoms with van der Waals surface area (Å²) in [4.78, 5) is 25.7. The van der Waals surface area contributed by atoms with Crippen LogP contribution in [0.4, 0.5) is 5.69 Å². The number of carboxylic acids is 1. The van der Waals surface area contributed by atoms with Crippen molar-refractivity contribution >= 4 is 29.3 Å². The van der Waals surface area contributed by atoms with E-state index in [-0.39, 0.29) is 5.91 Å². The molecule has 0 aromatic heterocycles. The number of thioether (sulfide) groups is 1. The third kappa shape index (κ3) is 3.91. The van der Waals surface area contributed by atoms with Gasteiger partial charge in [0.15, 0.2) is 0 Å². The Labute approximate surface area is 128 Å². The zero-order valence-corrected chi connectivity index (χ0v) is 12.9. The highest BCUT2D eigenvalue weighted by atomic mass is 32.2. The zero-order valence-electron chi connectivity index (χ0n) is 12.0. The second-order valence-electron chi connectivity index (χ2n) is 5.03. The molecular formula is C15H20N2O3S. The van der Waals surface area contributed by atoms with Gasteiger partial charge in [-0.1, -0.05) is 12.1 Å². The number of carbonyl (C=O) groups excluding carboxylic acids is 1. The number of hydrogen-bond acceptors (Lipinski definition) is 4. The van der Waals surface area contributed by atoms with Crippen LogP contribution >= 0.6 is 11.8 Å². The van der Waals surface area contributed by atoms with Gasteiger partial charge in [0, 0.05) is 24.5 Å². The fraction of sp³-hybridized carbons (Fsp3) is 0.467. The van der Waals surface area contributed by atoms with Crippen LogP contribution in [0.2, 0.25) is 0 Å². The van der Waals surface area contributed by atoms with E-state index < -0.39 is 12.0 Å². The van der Waals surface area contributed by atoms with Crippen molar-refractivity contribution in [2.75, 3.05) is 30.0 Å². The van der Waals surface area contributed by atoms with E-state index in [1.165, 1.54) is 11.8 Å². The molecule has 1 aliphatic rings. The number of para-hydroxylation sites is 1. The van der Waals surface area contributed by atoms with Gasteiger partial charge < -0.3 is 15.3 Å². The first-order valence-corrected chi connectivity index (χ1v) is 8.39. The molecule has 0 spiro atoms. The van der Waals surface area contributed by atoms with Crippen LogP contribution in [0.15, 0.2) is 24.3 Å². The van der Waals surface area contributed by atoms with Crippen LogP contribution in [0.5, 0.6) is 0 Å². The summed E-state index contributed by atoms with van der Waals surface area (Å²) in [5.74, 6) is -0.970. The molecule has 2 N–H and O–H groups in total. The van der Waals surface area contributed by atoms with E-state index in [0.717, 1.165) is 31.6 Å². The highest BCUT2D eigenvalue weighted by molar-refractivity contribution is 7.98. The quantitative estimate of drug-likeness (QED) is 0.839. The van der Waals surface area contributed by atoms with Crippen LogP contribution in [0, 0.1) is 0 Å². The van der Waals surface area contributed by atoms with Gasteiger partial charge in [0.05, 0.1) is 5.56 Å². The molecule has 0 unspecified atom stereocenters. The SMILES string of the molecule is CSC[C@H](NC(=O)c1ccccc1N1CCCC1)C(=O)O. The van der Waals surface area contributed by atoms with Gasteiger partial charge >= 0.3 is 5.97 Å². The third-order valence-corrected chi connectivity index (χ3v) is 4.20. The number of carboxylic acid groups (broad SMARTS) is 1. The zero-order chi connectivity index (χ0) is 15.2. The lowest BCUT2D eigenvalue weighted by Gasteiger charge is -2.22. The Morgan fingerprint density at radius 1 is 1.33 bits per heavy atom. The molecule has 5 nitrogen and oxygen atoms in total. The van der Waals surface area contributed by atoms with Gasteiger partial charge in [0.2, 0.25) is 0 Å². The molecule has 1 amide bonds. The van der Waals surface area contributed by atoms with Gasteiger partial charge in [0.1, 0.15) is 6.04 Å². The second-order valence-corrected chi connectivity index (χ2v) is 5.94. The molecule has 1 fully saturated rings. The average Bonchev–Trinajstić information content (AvgIpc) is 3.00. The summed E-state index contributed by atoms with van der Waals surface area (Å²) < 4.78 is 0. The molecule has 1 saturated heterocycles. The Morgan fingerprint density at radius 3 is 2.62 bits per heavy atom. The van der Waals surface area contributed by atoms with Crippen molar-refractivity contribution in [1.29, 1.82) is 0 Å². The van der Waals surface area contributed by atoms with E-state index in [0.29, 0.717) is 11.3 Å². The molecule has 6 heteroatoms. The number of aliphatic carboxylic acids is 1. The number of nitrogens with zero attached hydrogens (tertiary/aromatic N) is 1. The smallest absolute Gasteiger partial charge is 0.327 e. The maximum absolute atomic E-state index is 12.4. The van der Waals surface area contributed by atoms with E-state index in [2.05, 4.69) is 10.2 Å². The highest BCUT2D eigenvalue weighted by Crippen LogP contribution is 2.24. The Bertz CT molecular complexity index is 515. The minimum atomic E-state index is -1.00. The standard InChI is InChI=1S/C15H20N2O3S/c1-21-10-12(15(19)20)16-14(18)11-6-2-3-7-13(11)17-8-4-5-9-17/h2-3,6-7,12H,4-5,8-10H2,1H3,(H,16,18)(H,19,20)/t12-/m0/s1. The van der Waals surface area contributed by atoms with E-state index in [1.54, 1.807) is 12.1 Å². The fourth-order valence-corrected chi connectivity index (χ4v) is 3.04. The Morgan fingerprint density at radius 2 is 2.00 bits per heavy atom.